The molecule has 3 amide bonds. The van der Waals surface area contributed by atoms with Crippen LogP contribution < -0.4 is 15.3 Å². The number of ether oxygens (including phenoxy) is 2. The van der Waals surface area contributed by atoms with E-state index in [0.717, 1.165) is 23.2 Å². The van der Waals surface area contributed by atoms with Gasteiger partial charge in [0.1, 0.15) is 17.4 Å². The highest BCUT2D eigenvalue weighted by Gasteiger charge is 2.47. The molecule has 0 N–H and O–H groups in total. The highest BCUT2D eigenvalue weighted by molar-refractivity contribution is 6.00. The topological polar surface area (TPSA) is 106 Å². The molecule has 0 saturated carbocycles. The number of amides is 3. The Labute approximate surface area is 244 Å². The quantitative estimate of drug-likeness (QED) is 0.429. The fraction of sp³-hybridized carbons (Fsp3) is 0.484. The summed E-state index contributed by atoms with van der Waals surface area (Å²) >= 11 is 0. The zero-order valence-corrected chi connectivity index (χ0v) is 24.7. The van der Waals surface area contributed by atoms with E-state index < -0.39 is 11.6 Å². The standard InChI is InChI=1S/C31H37N5O6/c1-31(2,3)42-30(40)34-18-20-15-21(34)17-33(20)23-7-6-8-24-27(23)32(4)29(39)36(24)25-13-14-26(37)35(28(25)38)16-19-9-11-22(41-5)12-10-19/h6-12,20-21,25H,13-18H2,1-5H3/t20-,21-,25?/m1/s1. The summed E-state index contributed by atoms with van der Waals surface area (Å²) in [5.41, 5.74) is 2.24. The number of nitrogens with zero attached hydrogens (tertiary/aromatic N) is 5. The van der Waals surface area contributed by atoms with Gasteiger partial charge >= 0.3 is 11.8 Å². The zero-order valence-electron chi connectivity index (χ0n) is 24.7. The zero-order chi connectivity index (χ0) is 29.9. The SMILES string of the molecule is COc1ccc(CN2C(=O)CCC(n3c(=O)n(C)c4c(N5C[C@H]6C[C@@H]5CN6C(=O)OC(C)(C)C)cccc43)C2=O)cc1. The molecule has 3 aliphatic heterocycles. The molecule has 3 aromatic rings. The fourth-order valence-corrected chi connectivity index (χ4v) is 6.60. The Morgan fingerprint density at radius 3 is 2.38 bits per heavy atom. The molecule has 2 bridgehead atoms. The Kier molecular flexibility index (Phi) is 6.78. The van der Waals surface area contributed by atoms with Gasteiger partial charge in [-0.2, -0.15) is 0 Å². The van der Waals surface area contributed by atoms with Gasteiger partial charge < -0.3 is 19.3 Å². The van der Waals surface area contributed by atoms with E-state index in [4.69, 9.17) is 9.47 Å². The Morgan fingerprint density at radius 2 is 1.74 bits per heavy atom. The fourth-order valence-electron chi connectivity index (χ4n) is 6.60. The molecule has 11 nitrogen and oxygen atoms in total. The van der Waals surface area contributed by atoms with Crippen LogP contribution in [0.4, 0.5) is 10.5 Å². The van der Waals surface area contributed by atoms with Crippen LogP contribution in [0.1, 0.15) is 51.6 Å². The lowest BCUT2D eigenvalue weighted by molar-refractivity contribution is -0.151. The molecular formula is C31H37N5O6. The van der Waals surface area contributed by atoms with E-state index in [2.05, 4.69) is 4.90 Å². The molecule has 42 heavy (non-hydrogen) atoms. The largest absolute Gasteiger partial charge is 0.497 e. The van der Waals surface area contributed by atoms with Crippen molar-refractivity contribution in [2.75, 3.05) is 25.1 Å². The summed E-state index contributed by atoms with van der Waals surface area (Å²) in [6.45, 7) is 6.91. The average molecular weight is 576 g/mol. The lowest BCUT2D eigenvalue weighted by Crippen LogP contribution is -2.50. The van der Waals surface area contributed by atoms with Crippen molar-refractivity contribution >= 4 is 34.6 Å². The van der Waals surface area contributed by atoms with E-state index >= 15 is 0 Å². The number of piperazine rings is 1. The monoisotopic (exact) mass is 575 g/mol. The molecule has 0 aliphatic carbocycles. The van der Waals surface area contributed by atoms with Crippen LogP contribution in [0, 0.1) is 0 Å². The van der Waals surface area contributed by atoms with Crippen LogP contribution in [0.25, 0.3) is 11.0 Å². The van der Waals surface area contributed by atoms with Gasteiger partial charge in [0, 0.05) is 32.6 Å². The first-order valence-electron chi connectivity index (χ1n) is 14.4. The number of likely N-dealkylation sites (tertiary alicyclic amines) is 2. The van der Waals surface area contributed by atoms with Crippen molar-refractivity contribution in [3.05, 3.63) is 58.5 Å². The molecule has 3 saturated heterocycles. The first kappa shape index (κ1) is 27.9. The predicted molar refractivity (Wildman–Crippen MR) is 156 cm³/mol. The van der Waals surface area contributed by atoms with Gasteiger partial charge in [-0.15, -0.1) is 0 Å². The first-order valence-corrected chi connectivity index (χ1v) is 14.4. The van der Waals surface area contributed by atoms with Crippen molar-refractivity contribution in [1.29, 1.82) is 0 Å². The van der Waals surface area contributed by atoms with Crippen molar-refractivity contribution in [1.82, 2.24) is 18.9 Å². The molecule has 11 heteroatoms. The maximum Gasteiger partial charge on any atom is 0.410 e. The van der Waals surface area contributed by atoms with E-state index in [1.807, 2.05) is 56.0 Å². The molecule has 1 unspecified atom stereocenters. The van der Waals surface area contributed by atoms with Crippen LogP contribution in [-0.4, -0.2) is 74.7 Å². The molecule has 0 radical (unpaired) electrons. The Hall–Kier alpha value is -4.28. The number of carbonyl (C=O) groups is 3. The second-order valence-corrected chi connectivity index (χ2v) is 12.4. The minimum Gasteiger partial charge on any atom is -0.497 e. The summed E-state index contributed by atoms with van der Waals surface area (Å²) in [5, 5.41) is 0. The summed E-state index contributed by atoms with van der Waals surface area (Å²) in [6, 6.07) is 12.3. The average Bonchev–Trinajstić information content (AvgIpc) is 3.63. The number of benzene rings is 2. The maximum absolute atomic E-state index is 13.8. The number of piperidine rings is 1. The van der Waals surface area contributed by atoms with Crippen LogP contribution in [0.2, 0.25) is 0 Å². The second-order valence-electron chi connectivity index (χ2n) is 12.4. The third-order valence-corrected chi connectivity index (χ3v) is 8.55. The number of aromatic nitrogens is 2. The van der Waals surface area contributed by atoms with Crippen LogP contribution in [0.15, 0.2) is 47.3 Å². The van der Waals surface area contributed by atoms with Crippen molar-refractivity contribution in [3.63, 3.8) is 0 Å². The van der Waals surface area contributed by atoms with Gasteiger partial charge in [-0.3, -0.25) is 23.6 Å². The number of methoxy groups -OCH3 is 1. The molecule has 222 valence electrons. The number of para-hydroxylation sites is 1. The van der Waals surface area contributed by atoms with Crippen LogP contribution >= 0.6 is 0 Å². The minimum atomic E-state index is -0.787. The van der Waals surface area contributed by atoms with E-state index in [-0.39, 0.29) is 55.1 Å². The number of hydrogen-bond acceptors (Lipinski definition) is 7. The van der Waals surface area contributed by atoms with Gasteiger partial charge in [0.15, 0.2) is 0 Å². The molecule has 6 rings (SSSR count). The Morgan fingerprint density at radius 1 is 1.00 bits per heavy atom. The van der Waals surface area contributed by atoms with Gasteiger partial charge in [0.2, 0.25) is 5.91 Å². The number of fused-ring (bicyclic) bond motifs is 3. The number of hydrogen-bond donors (Lipinski definition) is 0. The minimum absolute atomic E-state index is 0.0247. The second kappa shape index (κ2) is 10.2. The van der Waals surface area contributed by atoms with E-state index in [1.165, 1.54) is 4.90 Å². The molecular weight excluding hydrogens is 538 g/mol. The van der Waals surface area contributed by atoms with Crippen LogP contribution in [0.5, 0.6) is 5.75 Å². The Balaban J connectivity index is 1.28. The smallest absolute Gasteiger partial charge is 0.410 e. The van der Waals surface area contributed by atoms with Crippen molar-refractivity contribution in [2.45, 2.75) is 70.3 Å². The lowest BCUT2D eigenvalue weighted by atomic mass is 10.0. The van der Waals surface area contributed by atoms with Gasteiger partial charge in [0.05, 0.1) is 36.4 Å². The summed E-state index contributed by atoms with van der Waals surface area (Å²) in [4.78, 5) is 58.5. The normalized spacial score (nSPS) is 22.4. The molecule has 3 fully saturated rings. The van der Waals surface area contributed by atoms with Gasteiger partial charge in [0.25, 0.3) is 5.91 Å². The highest BCUT2D eigenvalue weighted by atomic mass is 16.6. The number of rotatable bonds is 5. The van der Waals surface area contributed by atoms with Crippen molar-refractivity contribution in [2.24, 2.45) is 7.05 Å². The number of imide groups is 1. The van der Waals surface area contributed by atoms with Crippen molar-refractivity contribution in [3.8, 4) is 5.75 Å². The van der Waals surface area contributed by atoms with Crippen LogP contribution in [-0.2, 0) is 27.9 Å². The Bertz CT molecular complexity index is 1620. The predicted octanol–water partition coefficient (Wildman–Crippen LogP) is 3.44. The molecule has 1 aromatic heterocycles. The number of anilines is 1. The van der Waals surface area contributed by atoms with E-state index in [0.29, 0.717) is 24.4 Å². The molecule has 3 atom stereocenters. The highest BCUT2D eigenvalue weighted by Crippen LogP contribution is 2.39. The maximum atomic E-state index is 13.8. The third-order valence-electron chi connectivity index (χ3n) is 8.55. The molecule has 3 aliphatic rings. The van der Waals surface area contributed by atoms with E-state index in [9.17, 15) is 19.2 Å². The summed E-state index contributed by atoms with van der Waals surface area (Å²) in [6.07, 6.45) is 0.967. The van der Waals surface area contributed by atoms with Gasteiger partial charge in [-0.1, -0.05) is 18.2 Å². The van der Waals surface area contributed by atoms with Gasteiger partial charge in [-0.05, 0) is 63.4 Å². The third kappa shape index (κ3) is 4.70. The number of imidazole rings is 1. The number of aryl methyl sites for hydroxylation is 1. The summed E-state index contributed by atoms with van der Waals surface area (Å²) in [5.74, 6) is 0.0637. The summed E-state index contributed by atoms with van der Waals surface area (Å²) < 4.78 is 14.0. The molecule has 2 aromatic carbocycles. The first-order chi connectivity index (χ1) is 20.0. The van der Waals surface area contributed by atoms with Crippen LogP contribution in [0.3, 0.4) is 0 Å². The lowest BCUT2D eigenvalue weighted by Gasteiger charge is -2.36. The van der Waals surface area contributed by atoms with E-state index in [1.54, 1.807) is 35.4 Å². The molecule has 4 heterocycles. The van der Waals surface area contributed by atoms with Gasteiger partial charge in [-0.25, -0.2) is 9.59 Å². The number of carbonyl (C=O) groups excluding carboxylic acids is 3. The van der Waals surface area contributed by atoms with Crippen molar-refractivity contribution < 1.29 is 23.9 Å². The molecule has 0 spiro atoms. The summed E-state index contributed by atoms with van der Waals surface area (Å²) in [7, 11) is 3.30.